The minimum atomic E-state index is -0.936. The molecule has 1 amide bonds. The van der Waals surface area contributed by atoms with Gasteiger partial charge in [0.05, 0.1) is 0 Å². The summed E-state index contributed by atoms with van der Waals surface area (Å²) in [5.41, 5.74) is 4.46. The third-order valence-electron chi connectivity index (χ3n) is 5.83. The van der Waals surface area contributed by atoms with Crippen molar-refractivity contribution in [1.82, 2.24) is 5.32 Å². The van der Waals surface area contributed by atoms with Gasteiger partial charge < -0.3 is 5.32 Å². The molecule has 4 rings (SSSR count). The molecule has 0 radical (unpaired) electrons. The van der Waals surface area contributed by atoms with E-state index in [-0.39, 0.29) is 18.4 Å². The number of allylic oxidation sites excluding steroid dienone is 2. The third-order valence-corrected chi connectivity index (χ3v) is 6.63. The number of amides is 1. The van der Waals surface area contributed by atoms with E-state index in [1.807, 2.05) is 30.3 Å². The van der Waals surface area contributed by atoms with E-state index in [0.29, 0.717) is 39.9 Å². The first-order chi connectivity index (χ1) is 15.8. The summed E-state index contributed by atoms with van der Waals surface area (Å²) in [6.07, 6.45) is 1.82. The van der Waals surface area contributed by atoms with Crippen LogP contribution in [0.5, 0.6) is 0 Å². The third kappa shape index (κ3) is 5.57. The highest BCUT2D eigenvalue weighted by Crippen LogP contribution is 2.43. The maximum atomic E-state index is 13.5. The lowest BCUT2D eigenvalue weighted by Gasteiger charge is -2.28. The molecular formula is C26H20Cl3F2NO. The number of carbonyl (C=O) groups is 1. The molecule has 7 heteroatoms. The Morgan fingerprint density at radius 2 is 1.61 bits per heavy atom. The molecule has 0 aliphatic heterocycles. The van der Waals surface area contributed by atoms with Gasteiger partial charge in [-0.2, -0.15) is 0 Å². The van der Waals surface area contributed by atoms with E-state index in [1.54, 1.807) is 12.1 Å². The zero-order valence-electron chi connectivity index (χ0n) is 17.5. The monoisotopic (exact) mass is 505 g/mol. The standard InChI is InChI=1S/C26H20Cl3F2NO/c27-18-5-2-16(3-6-18)20-8-4-17(12-22(20)21-9-7-19(28)13-23(21)29)26(33)32-14-15-1-10-24(30)25(31)11-15/h1-3,5-7,9-11,13,17H,4,8,12,14H2,(H,32,33)/t17-/m0/s1. The first-order valence-electron chi connectivity index (χ1n) is 10.5. The number of halogens is 5. The lowest BCUT2D eigenvalue weighted by molar-refractivity contribution is -0.125. The van der Waals surface area contributed by atoms with Crippen LogP contribution < -0.4 is 5.32 Å². The topological polar surface area (TPSA) is 29.1 Å². The van der Waals surface area contributed by atoms with Gasteiger partial charge in [0, 0.05) is 27.5 Å². The van der Waals surface area contributed by atoms with Crippen LogP contribution in [0.15, 0.2) is 60.7 Å². The maximum Gasteiger partial charge on any atom is 0.223 e. The minimum Gasteiger partial charge on any atom is -0.352 e. The van der Waals surface area contributed by atoms with E-state index in [9.17, 15) is 13.6 Å². The molecule has 1 atom stereocenters. The molecule has 0 bridgehead atoms. The number of benzene rings is 3. The molecule has 33 heavy (non-hydrogen) atoms. The van der Waals surface area contributed by atoms with E-state index in [1.165, 1.54) is 6.07 Å². The van der Waals surface area contributed by atoms with Crippen molar-refractivity contribution in [2.24, 2.45) is 5.92 Å². The first-order valence-corrected chi connectivity index (χ1v) is 11.6. The average Bonchev–Trinajstić information content (AvgIpc) is 2.80. The van der Waals surface area contributed by atoms with Crippen LogP contribution in [0.2, 0.25) is 15.1 Å². The Balaban J connectivity index is 1.60. The van der Waals surface area contributed by atoms with Gasteiger partial charge in [-0.25, -0.2) is 8.78 Å². The molecule has 0 fully saturated rings. The normalized spacial score (nSPS) is 16.1. The second-order valence-electron chi connectivity index (χ2n) is 7.99. The Labute approximate surface area is 206 Å². The smallest absolute Gasteiger partial charge is 0.223 e. The summed E-state index contributed by atoms with van der Waals surface area (Å²) in [7, 11) is 0. The molecule has 2 nitrogen and oxygen atoms in total. The van der Waals surface area contributed by atoms with Crippen molar-refractivity contribution >= 4 is 51.9 Å². The molecule has 0 saturated heterocycles. The van der Waals surface area contributed by atoms with Gasteiger partial charge in [0.2, 0.25) is 5.91 Å². The summed E-state index contributed by atoms with van der Waals surface area (Å²) in [4.78, 5) is 13.0. The molecule has 1 aliphatic rings. The fraction of sp³-hybridized carbons (Fsp3) is 0.192. The number of nitrogens with one attached hydrogen (secondary N) is 1. The molecule has 0 saturated carbocycles. The molecule has 0 heterocycles. The van der Waals surface area contributed by atoms with Crippen LogP contribution in [0.3, 0.4) is 0 Å². The summed E-state index contributed by atoms with van der Waals surface area (Å²) in [6, 6.07) is 16.6. The Bertz CT molecular complexity index is 1220. The number of rotatable bonds is 5. The summed E-state index contributed by atoms with van der Waals surface area (Å²) in [5, 5.41) is 4.56. The van der Waals surface area contributed by atoms with Crippen molar-refractivity contribution in [3.63, 3.8) is 0 Å². The van der Waals surface area contributed by atoms with Crippen LogP contribution in [-0.2, 0) is 11.3 Å². The van der Waals surface area contributed by atoms with E-state index in [4.69, 9.17) is 34.8 Å². The first kappa shape index (κ1) is 23.7. The lowest BCUT2D eigenvalue weighted by Crippen LogP contribution is -2.32. The van der Waals surface area contributed by atoms with Gasteiger partial charge >= 0.3 is 0 Å². The van der Waals surface area contributed by atoms with Gasteiger partial charge in [-0.3, -0.25) is 4.79 Å². The van der Waals surface area contributed by atoms with Crippen molar-refractivity contribution in [3.05, 3.63) is 104 Å². The fourth-order valence-corrected chi connectivity index (χ4v) is 4.77. The predicted octanol–water partition coefficient (Wildman–Crippen LogP) is 7.95. The second kappa shape index (κ2) is 10.3. The Kier molecular flexibility index (Phi) is 7.38. The average molecular weight is 507 g/mol. The molecule has 3 aromatic rings. The van der Waals surface area contributed by atoms with E-state index in [2.05, 4.69) is 5.32 Å². The fourth-order valence-electron chi connectivity index (χ4n) is 4.12. The summed E-state index contributed by atoms with van der Waals surface area (Å²) < 4.78 is 26.6. The Morgan fingerprint density at radius 3 is 2.30 bits per heavy atom. The molecule has 0 spiro atoms. The van der Waals surface area contributed by atoms with Crippen LogP contribution in [-0.4, -0.2) is 5.91 Å². The molecule has 3 aromatic carbocycles. The number of hydrogen-bond acceptors (Lipinski definition) is 1. The van der Waals surface area contributed by atoms with Gasteiger partial charge in [-0.1, -0.05) is 59.1 Å². The second-order valence-corrected chi connectivity index (χ2v) is 9.27. The van der Waals surface area contributed by atoms with E-state index < -0.39 is 11.6 Å². The van der Waals surface area contributed by atoms with Crippen LogP contribution in [0.25, 0.3) is 11.1 Å². The summed E-state index contributed by atoms with van der Waals surface area (Å²) >= 11 is 18.7. The number of hydrogen-bond donors (Lipinski definition) is 1. The molecule has 1 aliphatic carbocycles. The predicted molar refractivity (Wildman–Crippen MR) is 130 cm³/mol. The summed E-state index contributed by atoms with van der Waals surface area (Å²) in [5.74, 6) is -2.28. The zero-order valence-corrected chi connectivity index (χ0v) is 19.7. The van der Waals surface area contributed by atoms with Crippen LogP contribution in [0, 0.1) is 17.6 Å². The van der Waals surface area contributed by atoms with Crippen LogP contribution in [0.4, 0.5) is 8.78 Å². The van der Waals surface area contributed by atoms with Gasteiger partial charge in [0.15, 0.2) is 11.6 Å². The Morgan fingerprint density at radius 1 is 0.879 bits per heavy atom. The molecular weight excluding hydrogens is 487 g/mol. The van der Waals surface area contributed by atoms with Gasteiger partial charge in [-0.15, -0.1) is 0 Å². The van der Waals surface area contributed by atoms with Crippen LogP contribution >= 0.6 is 34.8 Å². The maximum absolute atomic E-state index is 13.5. The largest absolute Gasteiger partial charge is 0.352 e. The molecule has 0 unspecified atom stereocenters. The molecule has 0 aromatic heterocycles. The highest BCUT2D eigenvalue weighted by molar-refractivity contribution is 6.36. The quantitative estimate of drug-likeness (QED) is 0.374. The molecule has 1 N–H and O–H groups in total. The lowest BCUT2D eigenvalue weighted by atomic mass is 9.78. The van der Waals surface area contributed by atoms with Crippen LogP contribution in [0.1, 0.15) is 36.0 Å². The summed E-state index contributed by atoms with van der Waals surface area (Å²) in [6.45, 7) is 0.122. The highest BCUT2D eigenvalue weighted by Gasteiger charge is 2.28. The van der Waals surface area contributed by atoms with Crippen molar-refractivity contribution in [3.8, 4) is 0 Å². The zero-order chi connectivity index (χ0) is 23.5. The Hall–Kier alpha value is -2.40. The SMILES string of the molecule is O=C(NCc1ccc(F)c(F)c1)[C@H]1CCC(c2ccc(Cl)cc2)=C(c2ccc(Cl)cc2Cl)C1. The van der Waals surface area contributed by atoms with Gasteiger partial charge in [-0.05, 0) is 83.5 Å². The molecule has 170 valence electrons. The highest BCUT2D eigenvalue weighted by atomic mass is 35.5. The van der Waals surface area contributed by atoms with E-state index in [0.717, 1.165) is 34.4 Å². The van der Waals surface area contributed by atoms with Gasteiger partial charge in [0.1, 0.15) is 0 Å². The minimum absolute atomic E-state index is 0.122. The van der Waals surface area contributed by atoms with Crippen molar-refractivity contribution in [1.29, 1.82) is 0 Å². The van der Waals surface area contributed by atoms with Crippen molar-refractivity contribution in [2.45, 2.75) is 25.8 Å². The van der Waals surface area contributed by atoms with Crippen molar-refractivity contribution < 1.29 is 13.6 Å². The number of carbonyl (C=O) groups excluding carboxylic acids is 1. The van der Waals surface area contributed by atoms with E-state index >= 15 is 0 Å². The van der Waals surface area contributed by atoms with Crippen molar-refractivity contribution in [2.75, 3.05) is 0 Å². The van der Waals surface area contributed by atoms with Gasteiger partial charge in [0.25, 0.3) is 0 Å².